The maximum absolute atomic E-state index is 12.0. The lowest BCUT2D eigenvalue weighted by Crippen LogP contribution is -2.38. The molecule has 0 aliphatic heterocycles. The Balaban J connectivity index is 2.60. The first kappa shape index (κ1) is 13.1. The second kappa shape index (κ2) is 5.97. The van der Waals surface area contributed by atoms with Gasteiger partial charge in [0.1, 0.15) is 0 Å². The molecule has 0 aliphatic carbocycles. The van der Waals surface area contributed by atoms with Crippen LogP contribution in [0.1, 0.15) is 37.2 Å². The van der Waals surface area contributed by atoms with Crippen molar-refractivity contribution in [2.24, 2.45) is 0 Å². The number of hydrogen-bond acceptors (Lipinski definition) is 4. The lowest BCUT2D eigenvalue weighted by molar-refractivity contribution is -0.137. The van der Waals surface area contributed by atoms with Crippen molar-refractivity contribution in [1.82, 2.24) is 20.3 Å². The van der Waals surface area contributed by atoms with Gasteiger partial charge in [-0.3, -0.25) is 9.59 Å². The van der Waals surface area contributed by atoms with Crippen LogP contribution in [0.4, 0.5) is 0 Å². The Kier molecular flexibility index (Phi) is 4.62. The molecule has 0 bridgehead atoms. The largest absolute Gasteiger partial charge is 0.481 e. The van der Waals surface area contributed by atoms with Crippen molar-refractivity contribution in [3.05, 3.63) is 11.9 Å². The number of carboxylic acid groups (broad SMARTS) is 1. The van der Waals surface area contributed by atoms with Gasteiger partial charge in [0.15, 0.2) is 5.69 Å². The Labute approximate surface area is 98.8 Å². The molecule has 1 rings (SSSR count). The summed E-state index contributed by atoms with van der Waals surface area (Å²) in [4.78, 5) is 24.0. The number of nitrogens with one attached hydrogen (secondary N) is 1. The fourth-order valence-corrected chi connectivity index (χ4v) is 1.45. The number of aromatic nitrogens is 3. The first-order valence-corrected chi connectivity index (χ1v) is 5.41. The van der Waals surface area contributed by atoms with E-state index in [-0.39, 0.29) is 24.1 Å². The topological polar surface area (TPSA) is 99.2 Å². The summed E-state index contributed by atoms with van der Waals surface area (Å²) in [5, 5.41) is 18.2. The Morgan fingerprint density at radius 2 is 2.24 bits per heavy atom. The average Bonchev–Trinajstić information content (AvgIpc) is 2.75. The maximum atomic E-state index is 12.0. The molecule has 2 N–H and O–H groups in total. The molecule has 1 amide bonds. The molecule has 0 atom stereocenters. The van der Waals surface area contributed by atoms with Crippen molar-refractivity contribution in [2.75, 3.05) is 6.54 Å². The molecule has 1 aromatic heterocycles. The number of carboxylic acids is 1. The van der Waals surface area contributed by atoms with Crippen LogP contribution >= 0.6 is 0 Å². The minimum atomic E-state index is -0.859. The fraction of sp³-hybridized carbons (Fsp3) is 0.600. The summed E-state index contributed by atoms with van der Waals surface area (Å²) < 4.78 is 0. The number of nitrogens with zero attached hydrogens (tertiary/aromatic N) is 3. The predicted octanol–water partition coefficient (Wildman–Crippen LogP) is 0.520. The van der Waals surface area contributed by atoms with Crippen LogP contribution in [-0.4, -0.2) is 49.9 Å². The van der Waals surface area contributed by atoms with Gasteiger partial charge in [0, 0.05) is 19.0 Å². The summed E-state index contributed by atoms with van der Waals surface area (Å²) in [6.07, 6.45) is 1.83. The number of amides is 1. The standard InChI is InChI=1S/C10H16N4O3/c1-7(2)14(5-3-4-9(15)16)10(17)8-6-11-13-12-8/h6-7H,3-5H2,1-2H3,(H,15,16)(H,11,12,13). The molecule has 1 heterocycles. The second-order valence-corrected chi connectivity index (χ2v) is 3.94. The van der Waals surface area contributed by atoms with Crippen LogP contribution in [0.25, 0.3) is 0 Å². The number of carbonyl (C=O) groups is 2. The molecule has 0 aliphatic rings. The molecular weight excluding hydrogens is 224 g/mol. The zero-order valence-corrected chi connectivity index (χ0v) is 9.88. The Bertz CT molecular complexity index is 375. The first-order valence-electron chi connectivity index (χ1n) is 5.41. The molecule has 0 saturated heterocycles. The van der Waals surface area contributed by atoms with Crippen LogP contribution in [0.15, 0.2) is 6.20 Å². The predicted molar refractivity (Wildman–Crippen MR) is 59.4 cm³/mol. The molecule has 1 aromatic rings. The zero-order chi connectivity index (χ0) is 12.8. The lowest BCUT2D eigenvalue weighted by Gasteiger charge is -2.25. The molecule has 0 fully saturated rings. The number of rotatable bonds is 6. The minimum Gasteiger partial charge on any atom is -0.481 e. The molecule has 0 aromatic carbocycles. The highest BCUT2D eigenvalue weighted by molar-refractivity contribution is 5.92. The smallest absolute Gasteiger partial charge is 0.303 e. The quantitative estimate of drug-likeness (QED) is 0.755. The lowest BCUT2D eigenvalue weighted by atomic mass is 10.2. The van der Waals surface area contributed by atoms with Crippen LogP contribution in [-0.2, 0) is 4.79 Å². The van der Waals surface area contributed by atoms with Gasteiger partial charge >= 0.3 is 5.97 Å². The Hall–Kier alpha value is -1.92. The summed E-state index contributed by atoms with van der Waals surface area (Å²) in [5.74, 6) is -1.10. The monoisotopic (exact) mass is 240 g/mol. The summed E-state index contributed by atoms with van der Waals surface area (Å²) in [5.41, 5.74) is 0.244. The molecule has 7 heteroatoms. The summed E-state index contributed by atoms with van der Waals surface area (Å²) in [6.45, 7) is 4.15. The normalized spacial score (nSPS) is 10.5. The van der Waals surface area contributed by atoms with E-state index in [4.69, 9.17) is 5.11 Å². The van der Waals surface area contributed by atoms with Crippen LogP contribution in [0.2, 0.25) is 0 Å². The number of hydrogen-bond donors (Lipinski definition) is 2. The second-order valence-electron chi connectivity index (χ2n) is 3.94. The van der Waals surface area contributed by atoms with Gasteiger partial charge < -0.3 is 10.0 Å². The van der Waals surface area contributed by atoms with E-state index in [0.29, 0.717) is 13.0 Å². The van der Waals surface area contributed by atoms with E-state index in [0.717, 1.165) is 0 Å². The highest BCUT2D eigenvalue weighted by Gasteiger charge is 2.20. The van der Waals surface area contributed by atoms with Crippen LogP contribution < -0.4 is 0 Å². The average molecular weight is 240 g/mol. The maximum Gasteiger partial charge on any atom is 0.303 e. The molecule has 7 nitrogen and oxygen atoms in total. The fourth-order valence-electron chi connectivity index (χ4n) is 1.45. The minimum absolute atomic E-state index is 0.00649. The van der Waals surface area contributed by atoms with E-state index < -0.39 is 5.97 Å². The van der Waals surface area contributed by atoms with E-state index in [1.807, 2.05) is 13.8 Å². The Morgan fingerprint density at radius 1 is 1.53 bits per heavy atom. The number of aliphatic carboxylic acids is 1. The number of aromatic amines is 1. The van der Waals surface area contributed by atoms with Gasteiger partial charge in [-0.2, -0.15) is 15.4 Å². The molecule has 17 heavy (non-hydrogen) atoms. The molecule has 0 spiro atoms. The third-order valence-electron chi connectivity index (χ3n) is 2.31. The highest BCUT2D eigenvalue weighted by Crippen LogP contribution is 2.07. The van der Waals surface area contributed by atoms with Gasteiger partial charge in [0.25, 0.3) is 5.91 Å². The Morgan fingerprint density at radius 3 is 2.71 bits per heavy atom. The zero-order valence-electron chi connectivity index (χ0n) is 9.88. The van der Waals surface area contributed by atoms with Crippen molar-refractivity contribution < 1.29 is 14.7 Å². The third kappa shape index (κ3) is 3.86. The van der Waals surface area contributed by atoms with E-state index in [1.165, 1.54) is 6.20 Å². The van der Waals surface area contributed by atoms with Gasteiger partial charge in [0.2, 0.25) is 0 Å². The van der Waals surface area contributed by atoms with Gasteiger partial charge in [-0.1, -0.05) is 0 Å². The van der Waals surface area contributed by atoms with E-state index in [2.05, 4.69) is 15.4 Å². The van der Waals surface area contributed by atoms with Crippen molar-refractivity contribution in [2.45, 2.75) is 32.7 Å². The van der Waals surface area contributed by atoms with Crippen molar-refractivity contribution in [3.63, 3.8) is 0 Å². The van der Waals surface area contributed by atoms with Crippen LogP contribution in [0.5, 0.6) is 0 Å². The van der Waals surface area contributed by atoms with E-state index >= 15 is 0 Å². The molecular formula is C10H16N4O3. The van der Waals surface area contributed by atoms with Crippen molar-refractivity contribution in [3.8, 4) is 0 Å². The van der Waals surface area contributed by atoms with Crippen molar-refractivity contribution in [1.29, 1.82) is 0 Å². The number of carbonyl (C=O) groups excluding carboxylic acids is 1. The highest BCUT2D eigenvalue weighted by atomic mass is 16.4. The molecule has 0 unspecified atom stereocenters. The molecule has 0 radical (unpaired) electrons. The molecule has 94 valence electrons. The van der Waals surface area contributed by atoms with E-state index in [1.54, 1.807) is 4.90 Å². The van der Waals surface area contributed by atoms with Crippen LogP contribution in [0, 0.1) is 0 Å². The number of H-pyrrole nitrogens is 1. The summed E-state index contributed by atoms with van der Waals surface area (Å²) in [6, 6.07) is -0.00649. The van der Waals surface area contributed by atoms with Crippen LogP contribution in [0.3, 0.4) is 0 Å². The van der Waals surface area contributed by atoms with Gasteiger partial charge in [0.05, 0.1) is 6.20 Å². The summed E-state index contributed by atoms with van der Waals surface area (Å²) >= 11 is 0. The SMILES string of the molecule is CC(C)N(CCCC(=O)O)C(=O)c1cn[nH]n1. The van der Waals surface area contributed by atoms with Gasteiger partial charge in [-0.15, -0.1) is 0 Å². The van der Waals surface area contributed by atoms with Gasteiger partial charge in [-0.05, 0) is 20.3 Å². The molecule has 0 saturated carbocycles. The third-order valence-corrected chi connectivity index (χ3v) is 2.31. The first-order chi connectivity index (χ1) is 8.02. The van der Waals surface area contributed by atoms with E-state index in [9.17, 15) is 9.59 Å². The van der Waals surface area contributed by atoms with Gasteiger partial charge in [-0.25, -0.2) is 0 Å². The summed E-state index contributed by atoms with van der Waals surface area (Å²) in [7, 11) is 0. The van der Waals surface area contributed by atoms with Crippen molar-refractivity contribution >= 4 is 11.9 Å².